The maximum Gasteiger partial charge on any atom is 0.234 e. The van der Waals surface area contributed by atoms with E-state index < -0.39 is 0 Å². The molecule has 10 heteroatoms. The third kappa shape index (κ3) is 4.38. The first-order valence-electron chi connectivity index (χ1n) is 12.2. The van der Waals surface area contributed by atoms with Crippen LogP contribution in [0.4, 0.5) is 11.5 Å². The van der Waals surface area contributed by atoms with Crippen LogP contribution < -0.4 is 15.0 Å². The van der Waals surface area contributed by atoms with Crippen molar-refractivity contribution in [2.75, 3.05) is 49.4 Å². The van der Waals surface area contributed by atoms with Crippen LogP contribution in [0.15, 0.2) is 35.6 Å². The molecule has 0 unspecified atom stereocenters. The Morgan fingerprint density at radius 3 is 2.81 bits per heavy atom. The molecule has 4 heterocycles. The van der Waals surface area contributed by atoms with E-state index >= 15 is 0 Å². The molecule has 186 valence electrons. The van der Waals surface area contributed by atoms with E-state index in [1.807, 2.05) is 24.3 Å². The van der Waals surface area contributed by atoms with Crippen molar-refractivity contribution < 1.29 is 14.3 Å². The van der Waals surface area contributed by atoms with E-state index in [1.165, 1.54) is 41.1 Å². The summed E-state index contributed by atoms with van der Waals surface area (Å²) >= 11 is 3.06. The number of thiophene rings is 1. The molecule has 36 heavy (non-hydrogen) atoms. The zero-order valence-electron chi connectivity index (χ0n) is 20.1. The van der Waals surface area contributed by atoms with E-state index in [9.17, 15) is 4.79 Å². The molecule has 1 fully saturated rings. The van der Waals surface area contributed by atoms with Gasteiger partial charge < -0.3 is 19.7 Å². The van der Waals surface area contributed by atoms with Crippen LogP contribution in [-0.2, 0) is 22.4 Å². The summed E-state index contributed by atoms with van der Waals surface area (Å²) < 4.78 is 11.9. The van der Waals surface area contributed by atoms with Gasteiger partial charge >= 0.3 is 0 Å². The minimum atomic E-state index is -0.109. The Balaban J connectivity index is 1.33. The number of rotatable bonds is 6. The Kier molecular flexibility index (Phi) is 6.64. The Morgan fingerprint density at radius 2 is 1.97 bits per heavy atom. The van der Waals surface area contributed by atoms with E-state index in [0.29, 0.717) is 11.4 Å². The monoisotopic (exact) mass is 521 g/mol. The molecule has 0 bridgehead atoms. The van der Waals surface area contributed by atoms with Gasteiger partial charge in [-0.15, -0.1) is 11.3 Å². The first kappa shape index (κ1) is 23.4. The molecular weight excluding hydrogens is 494 g/mol. The fourth-order valence-electron chi connectivity index (χ4n) is 5.03. The second kappa shape index (κ2) is 10.2. The molecule has 1 aliphatic heterocycles. The molecule has 0 radical (unpaired) electrons. The van der Waals surface area contributed by atoms with Gasteiger partial charge in [-0.2, -0.15) is 0 Å². The van der Waals surface area contributed by atoms with Gasteiger partial charge in [0.1, 0.15) is 27.8 Å². The van der Waals surface area contributed by atoms with Crippen LogP contribution in [0, 0.1) is 0 Å². The molecule has 2 aliphatic rings. The van der Waals surface area contributed by atoms with Gasteiger partial charge in [-0.25, -0.2) is 15.0 Å². The number of benzene rings is 1. The number of anilines is 2. The number of thioether (sulfide) groups is 1. The van der Waals surface area contributed by atoms with Crippen LogP contribution >= 0.6 is 23.1 Å². The largest absolute Gasteiger partial charge is 0.495 e. The molecule has 1 amide bonds. The topological polar surface area (TPSA) is 89.5 Å². The molecule has 0 atom stereocenters. The number of amides is 1. The van der Waals surface area contributed by atoms with Gasteiger partial charge in [0.25, 0.3) is 0 Å². The Labute approximate surface area is 217 Å². The Bertz CT molecular complexity index is 1430. The number of fused-ring (bicyclic) bond motifs is 5. The second-order valence-corrected chi connectivity index (χ2v) is 10.8. The highest BCUT2D eigenvalue weighted by Crippen LogP contribution is 2.43. The number of nitrogens with zero attached hydrogens (tertiary/aromatic N) is 4. The normalized spacial score (nSPS) is 15.8. The number of morpholine rings is 1. The number of hydrogen-bond donors (Lipinski definition) is 1. The summed E-state index contributed by atoms with van der Waals surface area (Å²) in [6.45, 7) is 3.23. The van der Waals surface area contributed by atoms with Crippen LogP contribution in [0.3, 0.4) is 0 Å². The van der Waals surface area contributed by atoms with Crippen molar-refractivity contribution in [2.24, 2.45) is 0 Å². The van der Waals surface area contributed by atoms with E-state index in [2.05, 4.69) is 15.2 Å². The summed E-state index contributed by atoms with van der Waals surface area (Å²) in [5.41, 5.74) is 4.38. The molecular formula is C26H27N5O3S2. The SMILES string of the molecule is COc1ccccc1NC(=O)CSc1ncnc2c1sc1nc(N3CCOCC3)c3c(c12)CCCC3. The molecule has 8 nitrogen and oxygen atoms in total. The second-order valence-electron chi connectivity index (χ2n) is 8.87. The molecule has 0 saturated carbocycles. The Morgan fingerprint density at radius 1 is 1.17 bits per heavy atom. The van der Waals surface area contributed by atoms with Gasteiger partial charge in [0.05, 0.1) is 42.0 Å². The zero-order valence-corrected chi connectivity index (χ0v) is 21.7. The fourth-order valence-corrected chi connectivity index (χ4v) is 7.06. The number of pyridine rings is 1. The average Bonchev–Trinajstić information content (AvgIpc) is 3.31. The lowest BCUT2D eigenvalue weighted by Gasteiger charge is -2.31. The Hall–Kier alpha value is -2.95. The van der Waals surface area contributed by atoms with Gasteiger partial charge in [0, 0.05) is 18.5 Å². The molecule has 1 aromatic carbocycles. The highest BCUT2D eigenvalue weighted by atomic mass is 32.2. The predicted octanol–water partition coefficient (Wildman–Crippen LogP) is 4.69. The number of methoxy groups -OCH3 is 1. The standard InChI is InChI=1S/C26H27N5O3S2/c1-33-19-9-5-4-8-18(19)29-20(32)14-35-26-23-22(27-15-28-26)21-16-6-2-3-7-17(16)24(30-25(21)36-23)31-10-12-34-13-11-31/h4-5,8-9,15H,2-3,6-7,10-14H2,1H3,(H,29,32). The number of hydrogen-bond acceptors (Lipinski definition) is 9. The van der Waals surface area contributed by atoms with Gasteiger partial charge in [0.2, 0.25) is 5.91 Å². The van der Waals surface area contributed by atoms with E-state index in [0.717, 1.165) is 65.0 Å². The third-order valence-corrected chi connectivity index (χ3v) is 8.90. The van der Waals surface area contributed by atoms with Crippen molar-refractivity contribution in [1.29, 1.82) is 0 Å². The number of carbonyl (C=O) groups excluding carboxylic acids is 1. The van der Waals surface area contributed by atoms with Crippen LogP contribution in [0.1, 0.15) is 24.0 Å². The minimum Gasteiger partial charge on any atom is -0.495 e. The van der Waals surface area contributed by atoms with Crippen LogP contribution in [0.2, 0.25) is 0 Å². The van der Waals surface area contributed by atoms with E-state index in [-0.39, 0.29) is 11.7 Å². The predicted molar refractivity (Wildman–Crippen MR) is 145 cm³/mol. The zero-order chi connectivity index (χ0) is 24.5. The minimum absolute atomic E-state index is 0.109. The molecule has 1 saturated heterocycles. The van der Waals surface area contributed by atoms with E-state index in [1.54, 1.807) is 24.8 Å². The molecule has 6 rings (SSSR count). The summed E-state index contributed by atoms with van der Waals surface area (Å²) in [7, 11) is 1.59. The molecule has 1 N–H and O–H groups in total. The number of ether oxygens (including phenoxy) is 2. The van der Waals surface area contributed by atoms with Crippen molar-refractivity contribution in [3.63, 3.8) is 0 Å². The first-order chi connectivity index (χ1) is 17.7. The van der Waals surface area contributed by atoms with Crippen molar-refractivity contribution in [1.82, 2.24) is 15.0 Å². The van der Waals surface area contributed by atoms with Crippen LogP contribution in [0.25, 0.3) is 20.4 Å². The maximum atomic E-state index is 12.7. The van der Waals surface area contributed by atoms with Crippen molar-refractivity contribution >= 4 is 60.9 Å². The number of aromatic nitrogens is 3. The number of nitrogens with one attached hydrogen (secondary N) is 1. The lowest BCUT2D eigenvalue weighted by molar-refractivity contribution is -0.113. The lowest BCUT2D eigenvalue weighted by atomic mass is 9.90. The third-order valence-electron chi connectivity index (χ3n) is 6.70. The highest BCUT2D eigenvalue weighted by Gasteiger charge is 2.26. The molecule has 3 aromatic heterocycles. The summed E-state index contributed by atoms with van der Waals surface area (Å²) in [6, 6.07) is 7.40. The van der Waals surface area contributed by atoms with Crippen LogP contribution in [0.5, 0.6) is 5.75 Å². The molecule has 1 aliphatic carbocycles. The van der Waals surface area contributed by atoms with Crippen LogP contribution in [-0.4, -0.2) is 60.0 Å². The number of para-hydroxylation sites is 2. The highest BCUT2D eigenvalue weighted by molar-refractivity contribution is 8.00. The summed E-state index contributed by atoms with van der Waals surface area (Å²) in [5, 5.41) is 4.92. The lowest BCUT2D eigenvalue weighted by Crippen LogP contribution is -2.37. The maximum absolute atomic E-state index is 12.7. The van der Waals surface area contributed by atoms with Crippen molar-refractivity contribution in [2.45, 2.75) is 30.7 Å². The van der Waals surface area contributed by atoms with Gasteiger partial charge in [-0.3, -0.25) is 4.79 Å². The fraction of sp³-hybridized carbons (Fsp3) is 0.385. The van der Waals surface area contributed by atoms with Crippen molar-refractivity contribution in [3.05, 3.63) is 41.7 Å². The van der Waals surface area contributed by atoms with Gasteiger partial charge in [0.15, 0.2) is 0 Å². The number of aryl methyl sites for hydroxylation is 1. The first-order valence-corrected chi connectivity index (χ1v) is 14.0. The van der Waals surface area contributed by atoms with Gasteiger partial charge in [-0.1, -0.05) is 23.9 Å². The molecule has 4 aromatic rings. The quantitative estimate of drug-likeness (QED) is 0.289. The average molecular weight is 522 g/mol. The van der Waals surface area contributed by atoms with E-state index in [4.69, 9.17) is 19.4 Å². The number of carbonyl (C=O) groups is 1. The summed E-state index contributed by atoms with van der Waals surface area (Å²) in [4.78, 5) is 30.5. The molecule has 0 spiro atoms. The smallest absolute Gasteiger partial charge is 0.234 e. The van der Waals surface area contributed by atoms with Gasteiger partial charge in [-0.05, 0) is 48.9 Å². The summed E-state index contributed by atoms with van der Waals surface area (Å²) in [6.07, 6.45) is 6.09. The van der Waals surface area contributed by atoms with Crippen molar-refractivity contribution in [3.8, 4) is 5.75 Å². The summed E-state index contributed by atoms with van der Waals surface area (Å²) in [5.74, 6) is 1.88.